The molecule has 0 aromatic heterocycles. The Kier molecular flexibility index (Phi) is 6.11. The van der Waals surface area contributed by atoms with E-state index in [1.807, 2.05) is 0 Å². The smallest absolute Gasteiger partial charge is 0.242 e. The molecule has 1 aliphatic heterocycles. The standard InChI is InChI=1S/C16H25N3O5S2/c1-12-7-8-14(26(23,24)18(2)3)10-15(12)17-16(20)13-6-5-9-19(11-13)25(4,21)22/h7-8,10,13H,5-6,9,11H2,1-4H3,(H,17,20). The summed E-state index contributed by atoms with van der Waals surface area (Å²) in [5.74, 6) is -0.771. The molecule has 1 heterocycles. The number of piperidine rings is 1. The van der Waals surface area contributed by atoms with Gasteiger partial charge in [-0.1, -0.05) is 6.07 Å². The van der Waals surface area contributed by atoms with E-state index >= 15 is 0 Å². The molecule has 1 aromatic carbocycles. The fraction of sp³-hybridized carbons (Fsp3) is 0.562. The summed E-state index contributed by atoms with van der Waals surface area (Å²) in [6, 6.07) is 4.56. The van der Waals surface area contributed by atoms with Gasteiger partial charge in [-0.15, -0.1) is 0 Å². The van der Waals surface area contributed by atoms with Gasteiger partial charge in [0, 0.05) is 32.9 Å². The molecule has 1 fully saturated rings. The van der Waals surface area contributed by atoms with Crippen LogP contribution in [0.25, 0.3) is 0 Å². The van der Waals surface area contributed by atoms with Crippen molar-refractivity contribution in [2.45, 2.75) is 24.7 Å². The summed E-state index contributed by atoms with van der Waals surface area (Å²) in [5.41, 5.74) is 1.14. The van der Waals surface area contributed by atoms with E-state index in [1.54, 1.807) is 13.0 Å². The van der Waals surface area contributed by atoms with Crippen LogP contribution in [-0.4, -0.2) is 64.8 Å². The predicted octanol–water partition coefficient (Wildman–Crippen LogP) is 0.855. The van der Waals surface area contributed by atoms with E-state index in [9.17, 15) is 21.6 Å². The zero-order valence-corrected chi connectivity index (χ0v) is 17.0. The fourth-order valence-corrected chi connectivity index (χ4v) is 4.64. The maximum Gasteiger partial charge on any atom is 0.242 e. The van der Waals surface area contributed by atoms with Crippen molar-refractivity contribution in [2.24, 2.45) is 5.92 Å². The maximum atomic E-state index is 12.6. The molecule has 1 saturated heterocycles. The van der Waals surface area contributed by atoms with Crippen LogP contribution in [0.15, 0.2) is 23.1 Å². The number of benzene rings is 1. The van der Waals surface area contributed by atoms with E-state index in [1.165, 1.54) is 30.5 Å². The lowest BCUT2D eigenvalue weighted by Gasteiger charge is -2.30. The first-order chi connectivity index (χ1) is 11.9. The molecule has 10 heteroatoms. The molecule has 2 rings (SSSR count). The molecule has 1 N–H and O–H groups in total. The van der Waals surface area contributed by atoms with Crippen molar-refractivity contribution < 1.29 is 21.6 Å². The molecule has 1 atom stereocenters. The minimum absolute atomic E-state index is 0.0878. The van der Waals surface area contributed by atoms with Gasteiger partial charge in [0.05, 0.1) is 17.1 Å². The van der Waals surface area contributed by atoms with Crippen molar-refractivity contribution in [1.82, 2.24) is 8.61 Å². The summed E-state index contributed by atoms with van der Waals surface area (Å²) in [6.45, 7) is 2.32. The molecule has 1 aromatic rings. The van der Waals surface area contributed by atoms with Crippen LogP contribution in [0.4, 0.5) is 5.69 Å². The SMILES string of the molecule is Cc1ccc(S(=O)(=O)N(C)C)cc1NC(=O)C1CCCN(S(C)(=O)=O)C1. The lowest BCUT2D eigenvalue weighted by molar-refractivity contribution is -0.120. The Bertz CT molecular complexity index is 894. The lowest BCUT2D eigenvalue weighted by atomic mass is 9.98. The molecule has 1 aliphatic rings. The van der Waals surface area contributed by atoms with Crippen molar-refractivity contribution in [3.05, 3.63) is 23.8 Å². The summed E-state index contributed by atoms with van der Waals surface area (Å²) >= 11 is 0. The summed E-state index contributed by atoms with van der Waals surface area (Å²) in [4.78, 5) is 12.7. The van der Waals surface area contributed by atoms with Crippen LogP contribution in [0, 0.1) is 12.8 Å². The first-order valence-electron chi connectivity index (χ1n) is 8.22. The molecule has 0 spiro atoms. The quantitative estimate of drug-likeness (QED) is 0.785. The van der Waals surface area contributed by atoms with Gasteiger partial charge in [-0.3, -0.25) is 4.79 Å². The highest BCUT2D eigenvalue weighted by Gasteiger charge is 2.30. The Morgan fingerprint density at radius 3 is 2.46 bits per heavy atom. The van der Waals surface area contributed by atoms with E-state index in [4.69, 9.17) is 0 Å². The van der Waals surface area contributed by atoms with E-state index < -0.39 is 26.0 Å². The second kappa shape index (κ2) is 7.63. The first kappa shape index (κ1) is 20.8. The normalized spacial score (nSPS) is 19.5. The topological polar surface area (TPSA) is 104 Å². The van der Waals surface area contributed by atoms with E-state index in [0.717, 1.165) is 16.1 Å². The third-order valence-corrected chi connectivity index (χ3v) is 7.55. The number of carbonyl (C=O) groups excluding carboxylic acids is 1. The molecule has 0 aliphatic carbocycles. The molecule has 0 radical (unpaired) electrons. The van der Waals surface area contributed by atoms with Crippen LogP contribution in [0.2, 0.25) is 0 Å². The van der Waals surface area contributed by atoms with E-state index in [2.05, 4.69) is 5.32 Å². The highest BCUT2D eigenvalue weighted by molar-refractivity contribution is 7.89. The number of rotatable bonds is 5. The largest absolute Gasteiger partial charge is 0.326 e. The highest BCUT2D eigenvalue weighted by atomic mass is 32.2. The number of carbonyl (C=O) groups is 1. The van der Waals surface area contributed by atoms with Gasteiger partial charge in [0.1, 0.15) is 0 Å². The minimum atomic E-state index is -3.61. The van der Waals surface area contributed by atoms with Gasteiger partial charge in [0.2, 0.25) is 26.0 Å². The van der Waals surface area contributed by atoms with Gasteiger partial charge in [0.25, 0.3) is 0 Å². The van der Waals surface area contributed by atoms with Crippen LogP contribution in [0.3, 0.4) is 0 Å². The van der Waals surface area contributed by atoms with Crippen LogP contribution >= 0.6 is 0 Å². The number of nitrogens with one attached hydrogen (secondary N) is 1. The van der Waals surface area contributed by atoms with Crippen molar-refractivity contribution in [2.75, 3.05) is 38.8 Å². The fourth-order valence-electron chi connectivity index (χ4n) is 2.80. The van der Waals surface area contributed by atoms with Crippen LogP contribution < -0.4 is 5.32 Å². The van der Waals surface area contributed by atoms with E-state index in [0.29, 0.717) is 25.1 Å². The summed E-state index contributed by atoms with van der Waals surface area (Å²) in [5, 5.41) is 2.76. The van der Waals surface area contributed by atoms with Gasteiger partial charge >= 0.3 is 0 Å². The number of nitrogens with zero attached hydrogens (tertiary/aromatic N) is 2. The lowest BCUT2D eigenvalue weighted by Crippen LogP contribution is -2.43. The Hall–Kier alpha value is -1.49. The predicted molar refractivity (Wildman–Crippen MR) is 99.8 cm³/mol. The Labute approximate surface area is 155 Å². The Morgan fingerprint density at radius 1 is 1.23 bits per heavy atom. The average Bonchev–Trinajstić information content (AvgIpc) is 2.55. The third-order valence-electron chi connectivity index (χ3n) is 4.47. The second-order valence-corrected chi connectivity index (χ2v) is 10.8. The summed E-state index contributed by atoms with van der Waals surface area (Å²) in [7, 11) is -4.07. The number of sulfonamides is 2. The average molecular weight is 404 g/mol. The zero-order chi connectivity index (χ0) is 19.7. The van der Waals surface area contributed by atoms with Gasteiger partial charge in [0.15, 0.2) is 0 Å². The minimum Gasteiger partial charge on any atom is -0.326 e. The van der Waals surface area contributed by atoms with Gasteiger partial charge < -0.3 is 5.32 Å². The van der Waals surface area contributed by atoms with Crippen LogP contribution in [0.1, 0.15) is 18.4 Å². The molecule has 0 bridgehead atoms. The van der Waals surface area contributed by atoms with Crippen LogP contribution in [0.5, 0.6) is 0 Å². The third kappa shape index (κ3) is 4.61. The van der Waals surface area contributed by atoms with Gasteiger partial charge in [-0.05, 0) is 37.5 Å². The molecule has 1 amide bonds. The van der Waals surface area contributed by atoms with Crippen molar-refractivity contribution in [3.63, 3.8) is 0 Å². The van der Waals surface area contributed by atoms with Crippen LogP contribution in [-0.2, 0) is 24.8 Å². The number of anilines is 1. The molecule has 8 nitrogen and oxygen atoms in total. The number of hydrogen-bond acceptors (Lipinski definition) is 5. The number of amides is 1. The van der Waals surface area contributed by atoms with Gasteiger partial charge in [-0.2, -0.15) is 0 Å². The highest BCUT2D eigenvalue weighted by Crippen LogP contribution is 2.25. The molecule has 146 valence electrons. The first-order valence-corrected chi connectivity index (χ1v) is 11.5. The molecule has 1 unspecified atom stereocenters. The maximum absolute atomic E-state index is 12.6. The Morgan fingerprint density at radius 2 is 1.88 bits per heavy atom. The second-order valence-electron chi connectivity index (χ2n) is 6.71. The van der Waals surface area contributed by atoms with Crippen molar-refractivity contribution in [1.29, 1.82) is 0 Å². The molecular weight excluding hydrogens is 378 g/mol. The molecular formula is C16H25N3O5S2. The summed E-state index contributed by atoms with van der Waals surface area (Å²) in [6.07, 6.45) is 2.33. The van der Waals surface area contributed by atoms with Crippen molar-refractivity contribution in [3.8, 4) is 0 Å². The van der Waals surface area contributed by atoms with Crippen molar-refractivity contribution >= 4 is 31.6 Å². The number of aryl methyl sites for hydroxylation is 1. The van der Waals surface area contributed by atoms with Gasteiger partial charge in [-0.25, -0.2) is 25.4 Å². The molecule has 26 heavy (non-hydrogen) atoms. The monoisotopic (exact) mass is 403 g/mol. The molecule has 0 saturated carbocycles. The Balaban J connectivity index is 2.21. The number of hydrogen-bond donors (Lipinski definition) is 1. The zero-order valence-electron chi connectivity index (χ0n) is 15.4. The summed E-state index contributed by atoms with van der Waals surface area (Å²) < 4.78 is 50.4. The van der Waals surface area contributed by atoms with E-state index in [-0.39, 0.29) is 17.3 Å².